The summed E-state index contributed by atoms with van der Waals surface area (Å²) in [6.45, 7) is 2.06. The number of nitrogens with one attached hydrogen (secondary N) is 1. The van der Waals surface area contributed by atoms with E-state index in [0.717, 1.165) is 12.2 Å². The van der Waals surface area contributed by atoms with Crippen LogP contribution in [0.3, 0.4) is 0 Å². The zero-order chi connectivity index (χ0) is 15.4. The molecule has 8 heteroatoms. The number of carbonyl (C=O) groups excluding carboxylic acids is 1. The quantitative estimate of drug-likeness (QED) is 0.913. The van der Waals surface area contributed by atoms with Gasteiger partial charge in [0.1, 0.15) is 12.1 Å². The second-order valence-electron chi connectivity index (χ2n) is 5.28. The minimum absolute atomic E-state index is 0.152. The first-order valence-electron chi connectivity index (χ1n) is 7.15. The summed E-state index contributed by atoms with van der Waals surface area (Å²) in [6, 6.07) is 3.56. The first-order valence-corrected chi connectivity index (χ1v) is 7.15. The van der Waals surface area contributed by atoms with Crippen molar-refractivity contribution in [2.75, 3.05) is 25.5 Å². The highest BCUT2D eigenvalue weighted by molar-refractivity contribution is 5.88. The van der Waals surface area contributed by atoms with Gasteiger partial charge in [0.05, 0.1) is 6.54 Å². The van der Waals surface area contributed by atoms with E-state index in [4.69, 9.17) is 4.52 Å². The maximum absolute atomic E-state index is 12.1. The van der Waals surface area contributed by atoms with Crippen LogP contribution in [-0.4, -0.2) is 57.1 Å². The lowest BCUT2D eigenvalue weighted by molar-refractivity contribution is 0.206. The van der Waals surface area contributed by atoms with Crippen LogP contribution in [0.1, 0.15) is 12.2 Å². The first kappa shape index (κ1) is 14.5. The Morgan fingerprint density at radius 3 is 3.05 bits per heavy atom. The van der Waals surface area contributed by atoms with Crippen LogP contribution in [0.5, 0.6) is 0 Å². The predicted molar refractivity (Wildman–Crippen MR) is 79.0 cm³/mol. The van der Waals surface area contributed by atoms with E-state index in [-0.39, 0.29) is 6.03 Å². The van der Waals surface area contributed by atoms with Crippen molar-refractivity contribution in [3.63, 3.8) is 0 Å². The van der Waals surface area contributed by atoms with Gasteiger partial charge in [0.25, 0.3) is 0 Å². The molecule has 2 aromatic rings. The van der Waals surface area contributed by atoms with Crippen LogP contribution in [0.4, 0.5) is 10.6 Å². The standard InChI is InChI=1S/C14H18N6O2/c1-19(10-13-15-5-2-6-16-13)11-3-7-20(9-11)14(21)17-12-4-8-22-18-12/h2,4-6,8,11H,3,7,9-10H2,1H3,(H,17,18,21)/t11-/m1/s1. The van der Waals surface area contributed by atoms with E-state index >= 15 is 0 Å². The van der Waals surface area contributed by atoms with E-state index in [1.165, 1.54) is 6.26 Å². The molecule has 1 saturated heterocycles. The van der Waals surface area contributed by atoms with Gasteiger partial charge in [-0.05, 0) is 19.5 Å². The molecule has 116 valence electrons. The largest absolute Gasteiger partial charge is 0.363 e. The Bertz CT molecular complexity index is 603. The summed E-state index contributed by atoms with van der Waals surface area (Å²) in [5.74, 6) is 1.22. The van der Waals surface area contributed by atoms with Crippen molar-refractivity contribution in [3.05, 3.63) is 36.6 Å². The molecule has 22 heavy (non-hydrogen) atoms. The van der Waals surface area contributed by atoms with E-state index < -0.39 is 0 Å². The van der Waals surface area contributed by atoms with Crippen LogP contribution in [0, 0.1) is 0 Å². The minimum Gasteiger partial charge on any atom is -0.363 e. The van der Waals surface area contributed by atoms with E-state index in [1.807, 2.05) is 7.05 Å². The molecule has 0 saturated carbocycles. The molecule has 3 rings (SSSR count). The van der Waals surface area contributed by atoms with Gasteiger partial charge in [0.2, 0.25) is 0 Å². The molecular weight excluding hydrogens is 284 g/mol. The van der Waals surface area contributed by atoms with Crippen LogP contribution in [0.15, 0.2) is 35.3 Å². The summed E-state index contributed by atoms with van der Waals surface area (Å²) in [7, 11) is 2.03. The van der Waals surface area contributed by atoms with E-state index in [9.17, 15) is 4.79 Å². The number of hydrogen-bond acceptors (Lipinski definition) is 6. The third kappa shape index (κ3) is 3.40. The number of likely N-dealkylation sites (N-methyl/N-ethyl adjacent to an activating group) is 1. The number of urea groups is 1. The van der Waals surface area contributed by atoms with Crippen molar-refractivity contribution < 1.29 is 9.32 Å². The van der Waals surface area contributed by atoms with Gasteiger partial charge < -0.3 is 9.42 Å². The van der Waals surface area contributed by atoms with Crippen molar-refractivity contribution in [2.45, 2.75) is 19.0 Å². The Labute approximate surface area is 128 Å². The summed E-state index contributed by atoms with van der Waals surface area (Å²) < 4.78 is 4.70. The number of anilines is 1. The Morgan fingerprint density at radius 1 is 1.50 bits per heavy atom. The molecule has 0 radical (unpaired) electrons. The summed E-state index contributed by atoms with van der Waals surface area (Å²) in [4.78, 5) is 24.5. The molecule has 1 aliphatic heterocycles. The van der Waals surface area contributed by atoms with Crippen LogP contribution < -0.4 is 5.32 Å². The Balaban J connectivity index is 1.52. The van der Waals surface area contributed by atoms with Crippen LogP contribution >= 0.6 is 0 Å². The fraction of sp³-hybridized carbons (Fsp3) is 0.429. The number of amides is 2. The molecule has 0 aromatic carbocycles. The number of nitrogens with zero attached hydrogens (tertiary/aromatic N) is 5. The SMILES string of the molecule is CN(Cc1ncccn1)[C@@H]1CCN(C(=O)Nc2ccon2)C1. The number of rotatable bonds is 4. The maximum atomic E-state index is 12.1. The summed E-state index contributed by atoms with van der Waals surface area (Å²) in [5.41, 5.74) is 0. The third-order valence-corrected chi connectivity index (χ3v) is 3.76. The Kier molecular flexibility index (Phi) is 4.29. The number of carbonyl (C=O) groups is 1. The molecule has 2 aromatic heterocycles. The molecule has 0 bridgehead atoms. The third-order valence-electron chi connectivity index (χ3n) is 3.76. The number of aromatic nitrogens is 3. The van der Waals surface area contributed by atoms with Crippen molar-refractivity contribution in [1.82, 2.24) is 24.9 Å². The highest BCUT2D eigenvalue weighted by atomic mass is 16.5. The van der Waals surface area contributed by atoms with Gasteiger partial charge in [0, 0.05) is 37.6 Å². The monoisotopic (exact) mass is 302 g/mol. The molecule has 0 aliphatic carbocycles. The fourth-order valence-corrected chi connectivity index (χ4v) is 2.52. The molecule has 8 nitrogen and oxygen atoms in total. The van der Waals surface area contributed by atoms with Crippen LogP contribution in [0.25, 0.3) is 0 Å². The molecule has 0 spiro atoms. The molecule has 3 heterocycles. The first-order chi connectivity index (χ1) is 10.7. The van der Waals surface area contributed by atoms with Crippen LogP contribution in [-0.2, 0) is 6.54 Å². The van der Waals surface area contributed by atoms with Gasteiger partial charge in [-0.25, -0.2) is 14.8 Å². The van der Waals surface area contributed by atoms with Gasteiger partial charge in [-0.1, -0.05) is 5.16 Å². The molecule has 1 aliphatic rings. The van der Waals surface area contributed by atoms with Crippen molar-refractivity contribution in [2.24, 2.45) is 0 Å². The van der Waals surface area contributed by atoms with Gasteiger partial charge in [-0.2, -0.15) is 0 Å². The van der Waals surface area contributed by atoms with Crippen molar-refractivity contribution in [1.29, 1.82) is 0 Å². The molecule has 1 fully saturated rings. The molecule has 1 N–H and O–H groups in total. The average Bonchev–Trinajstić information content (AvgIpc) is 3.19. The topological polar surface area (TPSA) is 87.4 Å². The van der Waals surface area contributed by atoms with E-state index in [2.05, 4.69) is 25.3 Å². The van der Waals surface area contributed by atoms with Gasteiger partial charge in [-0.15, -0.1) is 0 Å². The second kappa shape index (κ2) is 6.52. The molecule has 1 atom stereocenters. The summed E-state index contributed by atoms with van der Waals surface area (Å²) in [6.07, 6.45) is 5.83. The van der Waals surface area contributed by atoms with Crippen molar-refractivity contribution >= 4 is 11.8 Å². The smallest absolute Gasteiger partial charge is 0.323 e. The summed E-state index contributed by atoms with van der Waals surface area (Å²) >= 11 is 0. The normalized spacial score (nSPS) is 17.9. The van der Waals surface area contributed by atoms with E-state index in [1.54, 1.807) is 29.4 Å². The summed E-state index contributed by atoms with van der Waals surface area (Å²) in [5, 5.41) is 6.39. The second-order valence-corrected chi connectivity index (χ2v) is 5.28. The van der Waals surface area contributed by atoms with Gasteiger partial charge in [0.15, 0.2) is 5.82 Å². The van der Waals surface area contributed by atoms with E-state index in [0.29, 0.717) is 31.5 Å². The lowest BCUT2D eigenvalue weighted by Gasteiger charge is -2.23. The van der Waals surface area contributed by atoms with Gasteiger partial charge in [-0.3, -0.25) is 10.2 Å². The fourth-order valence-electron chi connectivity index (χ4n) is 2.52. The van der Waals surface area contributed by atoms with Crippen molar-refractivity contribution in [3.8, 4) is 0 Å². The Morgan fingerprint density at radius 2 is 2.32 bits per heavy atom. The number of hydrogen-bond donors (Lipinski definition) is 1. The molecule has 2 amide bonds. The maximum Gasteiger partial charge on any atom is 0.323 e. The molecular formula is C14H18N6O2. The highest BCUT2D eigenvalue weighted by Crippen LogP contribution is 2.17. The van der Waals surface area contributed by atoms with Crippen LogP contribution in [0.2, 0.25) is 0 Å². The lowest BCUT2D eigenvalue weighted by atomic mass is 10.2. The Hall–Kier alpha value is -2.48. The minimum atomic E-state index is -0.152. The average molecular weight is 302 g/mol. The number of likely N-dealkylation sites (tertiary alicyclic amines) is 1. The zero-order valence-corrected chi connectivity index (χ0v) is 12.3. The lowest BCUT2D eigenvalue weighted by Crippen LogP contribution is -2.38. The molecule has 0 unspecified atom stereocenters. The van der Waals surface area contributed by atoms with Gasteiger partial charge >= 0.3 is 6.03 Å². The predicted octanol–water partition coefficient (Wildman–Crippen LogP) is 1.20. The highest BCUT2D eigenvalue weighted by Gasteiger charge is 2.29. The zero-order valence-electron chi connectivity index (χ0n) is 12.3.